The molecular weight excluding hydrogens is 268 g/mol. The lowest BCUT2D eigenvalue weighted by molar-refractivity contribution is 0.343. The molecule has 1 aromatic carbocycles. The third-order valence-electron chi connectivity index (χ3n) is 2.57. The Morgan fingerprint density at radius 3 is 1.94 bits per heavy atom. The van der Waals surface area contributed by atoms with Crippen molar-refractivity contribution in [3.05, 3.63) is 21.7 Å². The number of methoxy groups -OCH3 is 2. The van der Waals surface area contributed by atoms with Crippen LogP contribution in [0.1, 0.15) is 31.9 Å². The quantitative estimate of drug-likeness (QED) is 0.816. The summed E-state index contributed by atoms with van der Waals surface area (Å²) in [6.07, 6.45) is 0. The Kier molecular flexibility index (Phi) is 3.89. The summed E-state index contributed by atoms with van der Waals surface area (Å²) < 4.78 is 11.8. The Morgan fingerprint density at radius 2 is 1.56 bits per heavy atom. The van der Waals surface area contributed by atoms with Gasteiger partial charge in [-0.15, -0.1) is 0 Å². The lowest BCUT2D eigenvalue weighted by atomic mass is 9.85. The van der Waals surface area contributed by atoms with Gasteiger partial charge in [0, 0.05) is 5.56 Å². The van der Waals surface area contributed by atoms with Crippen molar-refractivity contribution in [3.63, 3.8) is 0 Å². The third-order valence-corrected chi connectivity index (χ3v) is 3.56. The minimum Gasteiger partial charge on any atom is -0.493 e. The van der Waals surface area contributed by atoms with Crippen molar-refractivity contribution in [2.45, 2.75) is 33.1 Å². The van der Waals surface area contributed by atoms with Crippen molar-refractivity contribution in [3.8, 4) is 11.5 Å². The first-order valence-corrected chi connectivity index (χ1v) is 6.03. The molecule has 0 saturated carbocycles. The Labute approximate surface area is 106 Å². The van der Waals surface area contributed by atoms with Gasteiger partial charge < -0.3 is 9.47 Å². The van der Waals surface area contributed by atoms with Crippen LogP contribution in [0.5, 0.6) is 11.5 Å². The van der Waals surface area contributed by atoms with Gasteiger partial charge in [-0.3, -0.25) is 0 Å². The minimum atomic E-state index is 0.0318. The van der Waals surface area contributed by atoms with Gasteiger partial charge in [-0.25, -0.2) is 0 Å². The highest BCUT2D eigenvalue weighted by Crippen LogP contribution is 2.44. The molecule has 0 unspecified atom stereocenters. The van der Waals surface area contributed by atoms with Gasteiger partial charge in [0.05, 0.1) is 18.7 Å². The average Bonchev–Trinajstić information content (AvgIpc) is 2.19. The topological polar surface area (TPSA) is 18.5 Å². The van der Waals surface area contributed by atoms with E-state index >= 15 is 0 Å². The highest BCUT2D eigenvalue weighted by atomic mass is 79.9. The molecule has 0 aliphatic carbocycles. The fourth-order valence-corrected chi connectivity index (χ4v) is 2.14. The van der Waals surface area contributed by atoms with Gasteiger partial charge in [-0.2, -0.15) is 0 Å². The van der Waals surface area contributed by atoms with Crippen LogP contribution in [-0.4, -0.2) is 14.2 Å². The van der Waals surface area contributed by atoms with E-state index < -0.39 is 0 Å². The second kappa shape index (κ2) is 4.66. The summed E-state index contributed by atoms with van der Waals surface area (Å²) >= 11 is 3.53. The SMILES string of the molecule is COc1c(C(C)(C)C)cc(C)c(Br)c1OC. The molecule has 0 saturated heterocycles. The molecule has 0 N–H and O–H groups in total. The molecule has 3 heteroatoms. The van der Waals surface area contributed by atoms with E-state index in [9.17, 15) is 0 Å². The number of aryl methyl sites for hydroxylation is 1. The maximum Gasteiger partial charge on any atom is 0.175 e. The van der Waals surface area contributed by atoms with Crippen LogP contribution in [0.15, 0.2) is 10.5 Å². The van der Waals surface area contributed by atoms with Crippen molar-refractivity contribution in [2.24, 2.45) is 0 Å². The molecule has 0 aliphatic heterocycles. The molecule has 0 spiro atoms. The van der Waals surface area contributed by atoms with Crippen LogP contribution in [-0.2, 0) is 5.41 Å². The number of hydrogen-bond acceptors (Lipinski definition) is 2. The Morgan fingerprint density at radius 1 is 1.06 bits per heavy atom. The van der Waals surface area contributed by atoms with Crippen molar-refractivity contribution in [1.82, 2.24) is 0 Å². The van der Waals surface area contributed by atoms with E-state index in [1.165, 1.54) is 0 Å². The highest BCUT2D eigenvalue weighted by molar-refractivity contribution is 9.10. The number of benzene rings is 1. The van der Waals surface area contributed by atoms with Crippen LogP contribution in [0.3, 0.4) is 0 Å². The summed E-state index contributed by atoms with van der Waals surface area (Å²) in [4.78, 5) is 0. The summed E-state index contributed by atoms with van der Waals surface area (Å²) in [6.45, 7) is 8.55. The number of halogens is 1. The highest BCUT2D eigenvalue weighted by Gasteiger charge is 2.24. The second-order valence-electron chi connectivity index (χ2n) is 4.87. The van der Waals surface area contributed by atoms with Crippen LogP contribution in [0.2, 0.25) is 0 Å². The minimum absolute atomic E-state index is 0.0318. The molecule has 1 rings (SSSR count). The molecule has 0 amide bonds. The first kappa shape index (κ1) is 13.4. The normalized spacial score (nSPS) is 11.4. The Balaban J connectivity index is 3.57. The molecule has 16 heavy (non-hydrogen) atoms. The predicted molar refractivity (Wildman–Crippen MR) is 70.7 cm³/mol. The van der Waals surface area contributed by atoms with Crippen LogP contribution in [0.25, 0.3) is 0 Å². The summed E-state index contributed by atoms with van der Waals surface area (Å²) in [6, 6.07) is 2.14. The van der Waals surface area contributed by atoms with Crippen molar-refractivity contribution >= 4 is 15.9 Å². The van der Waals surface area contributed by atoms with Gasteiger partial charge >= 0.3 is 0 Å². The Hall–Kier alpha value is -0.700. The van der Waals surface area contributed by atoms with E-state index in [1.54, 1.807) is 14.2 Å². The summed E-state index contributed by atoms with van der Waals surface area (Å²) in [5.74, 6) is 1.58. The zero-order valence-corrected chi connectivity index (χ0v) is 12.4. The van der Waals surface area contributed by atoms with E-state index in [4.69, 9.17) is 9.47 Å². The zero-order chi connectivity index (χ0) is 12.5. The van der Waals surface area contributed by atoms with Crippen LogP contribution in [0, 0.1) is 6.92 Å². The molecule has 0 fully saturated rings. The fourth-order valence-electron chi connectivity index (χ4n) is 1.69. The van der Waals surface area contributed by atoms with E-state index in [-0.39, 0.29) is 5.41 Å². The molecule has 0 heterocycles. The summed E-state index contributed by atoms with van der Waals surface area (Å²) in [5, 5.41) is 0. The average molecular weight is 287 g/mol. The van der Waals surface area contributed by atoms with E-state index in [0.717, 1.165) is 27.1 Å². The lowest BCUT2D eigenvalue weighted by Crippen LogP contribution is -2.14. The van der Waals surface area contributed by atoms with Gasteiger partial charge in [0.25, 0.3) is 0 Å². The second-order valence-corrected chi connectivity index (χ2v) is 5.66. The van der Waals surface area contributed by atoms with Crippen molar-refractivity contribution in [1.29, 1.82) is 0 Å². The summed E-state index contributed by atoms with van der Waals surface area (Å²) in [7, 11) is 3.34. The van der Waals surface area contributed by atoms with Crippen LogP contribution < -0.4 is 9.47 Å². The monoisotopic (exact) mass is 286 g/mol. The number of ether oxygens (including phenoxy) is 2. The van der Waals surface area contributed by atoms with Crippen molar-refractivity contribution < 1.29 is 9.47 Å². The van der Waals surface area contributed by atoms with Crippen LogP contribution >= 0.6 is 15.9 Å². The lowest BCUT2D eigenvalue weighted by Gasteiger charge is -2.25. The molecule has 0 atom stereocenters. The number of rotatable bonds is 2. The van der Waals surface area contributed by atoms with Gasteiger partial charge in [0.15, 0.2) is 11.5 Å². The van der Waals surface area contributed by atoms with E-state index in [2.05, 4.69) is 49.7 Å². The Bertz CT molecular complexity index is 392. The van der Waals surface area contributed by atoms with Gasteiger partial charge in [-0.1, -0.05) is 26.8 Å². The van der Waals surface area contributed by atoms with Gasteiger partial charge in [0.2, 0.25) is 0 Å². The standard InChI is InChI=1S/C13H19BrO2/c1-8-7-9(13(2,3)4)11(15-5)12(16-6)10(8)14/h7H,1-6H3. The first-order valence-electron chi connectivity index (χ1n) is 5.24. The third kappa shape index (κ3) is 2.34. The van der Waals surface area contributed by atoms with Crippen LogP contribution in [0.4, 0.5) is 0 Å². The molecule has 90 valence electrons. The first-order chi connectivity index (χ1) is 7.32. The molecule has 0 bridgehead atoms. The number of hydrogen-bond donors (Lipinski definition) is 0. The van der Waals surface area contributed by atoms with Gasteiger partial charge in [0.1, 0.15) is 0 Å². The maximum atomic E-state index is 5.47. The molecule has 0 radical (unpaired) electrons. The molecular formula is C13H19BrO2. The zero-order valence-electron chi connectivity index (χ0n) is 10.8. The summed E-state index contributed by atoms with van der Waals surface area (Å²) in [5.41, 5.74) is 2.35. The predicted octanol–water partition coefficient (Wildman–Crippen LogP) is 4.07. The largest absolute Gasteiger partial charge is 0.493 e. The smallest absolute Gasteiger partial charge is 0.175 e. The molecule has 0 aliphatic rings. The molecule has 1 aromatic rings. The molecule has 0 aromatic heterocycles. The maximum absolute atomic E-state index is 5.47. The van der Waals surface area contributed by atoms with Gasteiger partial charge in [-0.05, 0) is 33.8 Å². The van der Waals surface area contributed by atoms with E-state index in [0.29, 0.717) is 0 Å². The fraction of sp³-hybridized carbons (Fsp3) is 0.538. The van der Waals surface area contributed by atoms with E-state index in [1.807, 2.05) is 0 Å². The molecule has 2 nitrogen and oxygen atoms in total. The van der Waals surface area contributed by atoms with Crippen molar-refractivity contribution in [2.75, 3.05) is 14.2 Å².